The van der Waals surface area contributed by atoms with Crippen LogP contribution in [0.1, 0.15) is 24.8 Å². The minimum atomic E-state index is -2.76. The summed E-state index contributed by atoms with van der Waals surface area (Å²) in [5.41, 5.74) is 2.29. The molecule has 3 rings (SSSR count). The van der Waals surface area contributed by atoms with Crippen LogP contribution in [0.4, 0.5) is 14.5 Å². The summed E-state index contributed by atoms with van der Waals surface area (Å²) in [5.74, 6) is -2.94. The van der Waals surface area contributed by atoms with Gasteiger partial charge in [0.25, 0.3) is 5.92 Å². The number of alkyl halides is 2. The van der Waals surface area contributed by atoms with E-state index in [-0.39, 0.29) is 12.3 Å². The van der Waals surface area contributed by atoms with Crippen molar-refractivity contribution in [3.05, 3.63) is 29.8 Å². The zero-order chi connectivity index (χ0) is 16.4. The summed E-state index contributed by atoms with van der Waals surface area (Å²) in [6, 6.07) is 7.79. The van der Waals surface area contributed by atoms with E-state index < -0.39 is 18.5 Å². The van der Waals surface area contributed by atoms with Gasteiger partial charge >= 0.3 is 0 Å². The second-order valence-electron chi connectivity index (χ2n) is 6.61. The number of piperidine rings is 1. The molecule has 0 aromatic heterocycles. The van der Waals surface area contributed by atoms with Crippen LogP contribution in [0.3, 0.4) is 0 Å². The summed E-state index contributed by atoms with van der Waals surface area (Å²) >= 11 is 0. The number of carbonyl (C=O) groups excluding carboxylic acids is 1. The number of carbonyl (C=O) groups is 1. The van der Waals surface area contributed by atoms with Crippen molar-refractivity contribution in [1.29, 1.82) is 0 Å². The fourth-order valence-electron chi connectivity index (χ4n) is 3.33. The maximum atomic E-state index is 13.2. The fraction of sp³-hybridized carbons (Fsp3) is 0.588. The second-order valence-corrected chi connectivity index (χ2v) is 6.61. The molecule has 2 aliphatic rings. The molecule has 0 aliphatic carbocycles. The molecule has 2 fully saturated rings. The number of nitrogens with zero attached hydrogens (tertiary/aromatic N) is 1. The number of halogens is 2. The van der Waals surface area contributed by atoms with E-state index >= 15 is 0 Å². The maximum Gasteiger partial charge on any atom is 0.262 e. The Kier molecular flexibility index (Phi) is 4.53. The molecule has 23 heavy (non-hydrogen) atoms. The minimum absolute atomic E-state index is 0.184. The first-order valence-corrected chi connectivity index (χ1v) is 8.16. The average Bonchev–Trinajstić information content (AvgIpc) is 2.87. The van der Waals surface area contributed by atoms with E-state index in [1.165, 1.54) is 5.56 Å². The first-order chi connectivity index (χ1) is 10.9. The van der Waals surface area contributed by atoms with Gasteiger partial charge in [0.05, 0.1) is 12.6 Å². The van der Waals surface area contributed by atoms with E-state index in [0.29, 0.717) is 19.1 Å². The Labute approximate surface area is 135 Å². The minimum Gasteiger partial charge on any atom is -0.382 e. The summed E-state index contributed by atoms with van der Waals surface area (Å²) in [6.45, 7) is 2.89. The number of rotatable bonds is 3. The number of nitrogens with one attached hydrogen (secondary N) is 2. The van der Waals surface area contributed by atoms with Gasteiger partial charge in [-0.2, -0.15) is 0 Å². The lowest BCUT2D eigenvalue weighted by Crippen LogP contribution is -2.48. The maximum absolute atomic E-state index is 13.2. The van der Waals surface area contributed by atoms with Gasteiger partial charge < -0.3 is 10.2 Å². The third-order valence-electron chi connectivity index (χ3n) is 4.60. The zero-order valence-corrected chi connectivity index (χ0v) is 13.3. The first kappa shape index (κ1) is 16.2. The number of aryl methyl sites for hydroxylation is 1. The number of hydrogen-bond donors (Lipinski definition) is 2. The third-order valence-corrected chi connectivity index (χ3v) is 4.60. The van der Waals surface area contributed by atoms with Crippen LogP contribution >= 0.6 is 0 Å². The predicted molar refractivity (Wildman–Crippen MR) is 85.8 cm³/mol. The summed E-state index contributed by atoms with van der Waals surface area (Å²) in [4.78, 5) is 14.0. The molecule has 0 radical (unpaired) electrons. The second kappa shape index (κ2) is 6.43. The Morgan fingerprint density at radius 1 is 1.35 bits per heavy atom. The molecule has 0 bridgehead atoms. The van der Waals surface area contributed by atoms with Crippen LogP contribution in [-0.2, 0) is 4.79 Å². The van der Waals surface area contributed by atoms with Crippen molar-refractivity contribution in [3.8, 4) is 0 Å². The smallest absolute Gasteiger partial charge is 0.262 e. The van der Waals surface area contributed by atoms with Crippen molar-refractivity contribution in [2.24, 2.45) is 0 Å². The third kappa shape index (κ3) is 3.99. The molecule has 1 amide bonds. The van der Waals surface area contributed by atoms with Gasteiger partial charge in [-0.25, -0.2) is 8.78 Å². The molecule has 6 heteroatoms. The fourth-order valence-corrected chi connectivity index (χ4v) is 3.33. The zero-order valence-electron chi connectivity index (χ0n) is 13.3. The van der Waals surface area contributed by atoms with Crippen LogP contribution in [0.15, 0.2) is 24.3 Å². The van der Waals surface area contributed by atoms with E-state index in [4.69, 9.17) is 0 Å². The SMILES string of the molecule is Cc1cccc(NC2CCN(C(=O)C3CC(F)(F)CN3)CC2)c1. The highest BCUT2D eigenvalue weighted by molar-refractivity contribution is 5.82. The molecule has 4 nitrogen and oxygen atoms in total. The number of anilines is 1. The van der Waals surface area contributed by atoms with Crippen LogP contribution < -0.4 is 10.6 Å². The van der Waals surface area contributed by atoms with E-state index in [2.05, 4.69) is 29.7 Å². The Morgan fingerprint density at radius 2 is 2.09 bits per heavy atom. The van der Waals surface area contributed by atoms with Gasteiger partial charge in [0.2, 0.25) is 5.91 Å². The lowest BCUT2D eigenvalue weighted by molar-refractivity contribution is -0.134. The van der Waals surface area contributed by atoms with Gasteiger partial charge in [-0.1, -0.05) is 12.1 Å². The first-order valence-electron chi connectivity index (χ1n) is 8.16. The highest BCUT2D eigenvalue weighted by Gasteiger charge is 2.43. The monoisotopic (exact) mass is 323 g/mol. The quantitative estimate of drug-likeness (QED) is 0.898. The molecule has 2 heterocycles. The van der Waals surface area contributed by atoms with E-state index in [9.17, 15) is 13.6 Å². The van der Waals surface area contributed by atoms with Crippen LogP contribution in [0, 0.1) is 6.92 Å². The van der Waals surface area contributed by atoms with E-state index in [0.717, 1.165) is 18.5 Å². The summed E-state index contributed by atoms with van der Waals surface area (Å²) in [5, 5.41) is 6.13. The van der Waals surface area contributed by atoms with Gasteiger partial charge in [-0.05, 0) is 37.5 Å². The van der Waals surface area contributed by atoms with Crippen molar-refractivity contribution >= 4 is 11.6 Å². The van der Waals surface area contributed by atoms with Crippen LogP contribution in [0.2, 0.25) is 0 Å². The lowest BCUT2D eigenvalue weighted by atomic mass is 10.0. The van der Waals surface area contributed by atoms with Crippen LogP contribution in [0.25, 0.3) is 0 Å². The van der Waals surface area contributed by atoms with Crippen molar-refractivity contribution in [1.82, 2.24) is 10.2 Å². The summed E-state index contributed by atoms with van der Waals surface area (Å²) in [6.07, 6.45) is 1.29. The Balaban J connectivity index is 1.49. The Hall–Kier alpha value is -1.69. The molecule has 1 atom stereocenters. The Morgan fingerprint density at radius 3 is 2.70 bits per heavy atom. The van der Waals surface area contributed by atoms with Gasteiger partial charge in [0.15, 0.2) is 0 Å². The van der Waals surface area contributed by atoms with Crippen LogP contribution in [0.5, 0.6) is 0 Å². The molecule has 0 saturated carbocycles. The summed E-state index contributed by atoms with van der Waals surface area (Å²) in [7, 11) is 0. The van der Waals surface area contributed by atoms with Gasteiger partial charge in [-0.3, -0.25) is 10.1 Å². The highest BCUT2D eigenvalue weighted by atomic mass is 19.3. The van der Waals surface area contributed by atoms with Crippen molar-refractivity contribution in [2.45, 2.75) is 44.2 Å². The highest BCUT2D eigenvalue weighted by Crippen LogP contribution is 2.27. The Bertz CT molecular complexity index is 571. The average molecular weight is 323 g/mol. The summed E-state index contributed by atoms with van der Waals surface area (Å²) < 4.78 is 26.4. The normalized spacial score (nSPS) is 24.7. The predicted octanol–water partition coefficient (Wildman–Crippen LogP) is 2.40. The molecule has 1 unspecified atom stereocenters. The van der Waals surface area contributed by atoms with Gasteiger partial charge in [-0.15, -0.1) is 0 Å². The number of amides is 1. The lowest BCUT2D eigenvalue weighted by Gasteiger charge is -2.34. The molecule has 2 saturated heterocycles. The number of likely N-dealkylation sites (tertiary alicyclic amines) is 1. The van der Waals surface area contributed by atoms with Gasteiger partial charge in [0.1, 0.15) is 0 Å². The molecule has 0 spiro atoms. The van der Waals surface area contributed by atoms with E-state index in [1.54, 1.807) is 4.90 Å². The number of benzene rings is 1. The molecular formula is C17H23F2N3O. The van der Waals surface area contributed by atoms with Crippen molar-refractivity contribution in [2.75, 3.05) is 25.0 Å². The topological polar surface area (TPSA) is 44.4 Å². The molecular weight excluding hydrogens is 300 g/mol. The molecule has 2 N–H and O–H groups in total. The van der Waals surface area contributed by atoms with Crippen LogP contribution in [-0.4, -0.2) is 48.4 Å². The van der Waals surface area contributed by atoms with E-state index in [1.807, 2.05) is 12.1 Å². The largest absolute Gasteiger partial charge is 0.382 e. The molecule has 126 valence electrons. The number of hydrogen-bond acceptors (Lipinski definition) is 3. The van der Waals surface area contributed by atoms with Crippen molar-refractivity contribution < 1.29 is 13.6 Å². The molecule has 1 aromatic rings. The standard InChI is InChI=1S/C17H23F2N3O/c1-12-3-2-4-14(9-12)21-13-5-7-22(8-6-13)16(23)15-10-17(18,19)11-20-15/h2-4,9,13,15,20-21H,5-8,10-11H2,1H3. The molecule has 2 aliphatic heterocycles. The van der Waals surface area contributed by atoms with Crippen molar-refractivity contribution in [3.63, 3.8) is 0 Å². The van der Waals surface area contributed by atoms with Gasteiger partial charge in [0, 0.05) is 31.2 Å². The molecule has 1 aromatic carbocycles.